The fraction of sp³-hybridized carbons (Fsp3) is 0.636. The molecule has 0 fully saturated rings. The molecular weight excluding hydrogens is 290 g/mol. The standard InChI is InChI=1S/C3H9NO.4C2H4O2/c1-3(5)2-4;4*1-2(3)4/h3,5H,2,4H2,1H3;4*1H3,(H,3,4). The van der Waals surface area contributed by atoms with Crippen molar-refractivity contribution < 1.29 is 44.7 Å². The van der Waals surface area contributed by atoms with Gasteiger partial charge in [0.05, 0.1) is 6.10 Å². The average Bonchev–Trinajstić information content (AvgIpc) is 2.13. The van der Waals surface area contributed by atoms with Crippen LogP contribution in [0.3, 0.4) is 0 Å². The Morgan fingerprint density at radius 1 is 0.762 bits per heavy atom. The Balaban J connectivity index is -0.0000000510. The number of nitrogens with two attached hydrogens (primary N) is 1. The molecule has 10 heteroatoms. The summed E-state index contributed by atoms with van der Waals surface area (Å²) >= 11 is 0. The number of carboxylic acid groups (broad SMARTS) is 4. The summed E-state index contributed by atoms with van der Waals surface area (Å²) in [7, 11) is 0. The second kappa shape index (κ2) is 26.4. The van der Waals surface area contributed by atoms with E-state index in [9.17, 15) is 0 Å². The third-order valence-corrected chi connectivity index (χ3v) is 0.341. The fourth-order valence-electron chi connectivity index (χ4n) is 0. The lowest BCUT2D eigenvalue weighted by Crippen LogP contribution is -2.14. The summed E-state index contributed by atoms with van der Waals surface area (Å²) in [6.07, 6.45) is -0.338. The smallest absolute Gasteiger partial charge is 0.300 e. The molecule has 0 saturated carbocycles. The summed E-state index contributed by atoms with van der Waals surface area (Å²) in [6, 6.07) is 0. The van der Waals surface area contributed by atoms with Gasteiger partial charge in [-0.1, -0.05) is 0 Å². The summed E-state index contributed by atoms with van der Waals surface area (Å²) in [4.78, 5) is 36.0. The largest absolute Gasteiger partial charge is 0.481 e. The third kappa shape index (κ3) is 111000. The molecule has 1 atom stereocenters. The van der Waals surface area contributed by atoms with E-state index in [1.807, 2.05) is 0 Å². The molecule has 128 valence electrons. The monoisotopic (exact) mass is 315 g/mol. The lowest BCUT2D eigenvalue weighted by molar-refractivity contribution is -0.135. The van der Waals surface area contributed by atoms with E-state index in [1.54, 1.807) is 6.92 Å². The van der Waals surface area contributed by atoms with Crippen LogP contribution in [0, 0.1) is 0 Å². The van der Waals surface area contributed by atoms with Gasteiger partial charge >= 0.3 is 0 Å². The van der Waals surface area contributed by atoms with Crippen LogP contribution < -0.4 is 5.73 Å². The Kier molecular flexibility index (Phi) is 39.3. The fourth-order valence-corrected chi connectivity index (χ4v) is 0. The molecule has 0 aliphatic heterocycles. The van der Waals surface area contributed by atoms with Crippen LogP contribution in [0.25, 0.3) is 0 Å². The van der Waals surface area contributed by atoms with Crippen molar-refractivity contribution in [1.82, 2.24) is 0 Å². The third-order valence-electron chi connectivity index (χ3n) is 0.341. The van der Waals surface area contributed by atoms with E-state index in [4.69, 9.17) is 50.4 Å². The van der Waals surface area contributed by atoms with Crippen molar-refractivity contribution in [3.05, 3.63) is 0 Å². The summed E-state index contributed by atoms with van der Waals surface area (Å²) in [5.74, 6) is -3.33. The van der Waals surface area contributed by atoms with Crippen LogP contribution >= 0.6 is 0 Å². The van der Waals surface area contributed by atoms with E-state index in [2.05, 4.69) is 0 Å². The molecule has 0 rings (SSSR count). The zero-order valence-electron chi connectivity index (χ0n) is 12.7. The average molecular weight is 315 g/mol. The van der Waals surface area contributed by atoms with Crippen LogP contribution in [0.2, 0.25) is 0 Å². The van der Waals surface area contributed by atoms with Crippen molar-refractivity contribution in [2.45, 2.75) is 40.7 Å². The van der Waals surface area contributed by atoms with Gasteiger partial charge in [-0.05, 0) is 6.92 Å². The Bertz CT molecular complexity index is 213. The maximum atomic E-state index is 9.00. The first kappa shape index (κ1) is 31.3. The summed E-state index contributed by atoms with van der Waals surface area (Å²) in [6.45, 7) is 6.35. The Labute approximate surface area is 122 Å². The van der Waals surface area contributed by atoms with Gasteiger partial charge in [-0.3, -0.25) is 19.2 Å². The number of hydrogen-bond acceptors (Lipinski definition) is 6. The summed E-state index contributed by atoms with van der Waals surface area (Å²) < 4.78 is 0. The van der Waals surface area contributed by atoms with Crippen molar-refractivity contribution in [3.8, 4) is 0 Å². The highest BCUT2D eigenvalue weighted by atomic mass is 16.4. The minimum absolute atomic E-state index is 0.338. The Hall–Kier alpha value is -2.20. The number of hydrogen-bond donors (Lipinski definition) is 6. The number of aliphatic hydroxyl groups is 1. The van der Waals surface area contributed by atoms with Gasteiger partial charge in [0, 0.05) is 34.2 Å². The number of carboxylic acids is 4. The zero-order chi connectivity index (χ0) is 18.6. The van der Waals surface area contributed by atoms with Crippen molar-refractivity contribution in [1.29, 1.82) is 0 Å². The molecule has 10 nitrogen and oxygen atoms in total. The molecule has 21 heavy (non-hydrogen) atoms. The highest BCUT2D eigenvalue weighted by molar-refractivity contribution is 5.63. The SMILES string of the molecule is CC(=O)O.CC(=O)O.CC(=O)O.CC(=O)O.CC(O)CN. The molecule has 7 N–H and O–H groups in total. The van der Waals surface area contributed by atoms with E-state index in [0.717, 1.165) is 27.7 Å². The second-order valence-electron chi connectivity index (χ2n) is 3.16. The summed E-state index contributed by atoms with van der Waals surface area (Å²) in [5.41, 5.74) is 4.92. The molecular formula is C11H25NO9. The molecule has 0 amide bonds. The maximum Gasteiger partial charge on any atom is 0.300 e. The minimum atomic E-state index is -0.833. The number of carbonyl (C=O) groups is 4. The van der Waals surface area contributed by atoms with Crippen molar-refractivity contribution >= 4 is 23.9 Å². The van der Waals surface area contributed by atoms with Gasteiger partial charge in [-0.2, -0.15) is 0 Å². The van der Waals surface area contributed by atoms with Crippen molar-refractivity contribution in [2.75, 3.05) is 6.54 Å². The molecule has 0 aromatic heterocycles. The molecule has 0 aromatic rings. The van der Waals surface area contributed by atoms with Gasteiger partial charge in [0.15, 0.2) is 0 Å². The zero-order valence-corrected chi connectivity index (χ0v) is 12.7. The highest BCUT2D eigenvalue weighted by Gasteiger charge is 1.81. The normalized spacial score (nSPS) is 8.33. The second-order valence-corrected chi connectivity index (χ2v) is 3.16. The van der Waals surface area contributed by atoms with Crippen molar-refractivity contribution in [2.24, 2.45) is 5.73 Å². The lowest BCUT2D eigenvalue weighted by atomic mass is 10.4. The van der Waals surface area contributed by atoms with Gasteiger partial charge in [0.2, 0.25) is 0 Å². The van der Waals surface area contributed by atoms with Crippen LogP contribution in [-0.4, -0.2) is 62.1 Å². The van der Waals surface area contributed by atoms with Crippen LogP contribution in [0.5, 0.6) is 0 Å². The first-order valence-electron chi connectivity index (χ1n) is 5.36. The van der Waals surface area contributed by atoms with Gasteiger partial charge in [-0.15, -0.1) is 0 Å². The predicted molar refractivity (Wildman–Crippen MR) is 74.0 cm³/mol. The van der Waals surface area contributed by atoms with Gasteiger partial charge in [0.25, 0.3) is 23.9 Å². The number of aliphatic hydroxyl groups excluding tert-OH is 1. The molecule has 0 aromatic carbocycles. The lowest BCUT2D eigenvalue weighted by Gasteiger charge is -1.91. The Morgan fingerprint density at radius 3 is 0.810 bits per heavy atom. The van der Waals surface area contributed by atoms with E-state index < -0.39 is 23.9 Å². The van der Waals surface area contributed by atoms with E-state index in [0.29, 0.717) is 6.54 Å². The van der Waals surface area contributed by atoms with Crippen LogP contribution in [0.1, 0.15) is 34.6 Å². The quantitative estimate of drug-likeness (QED) is 0.373. The van der Waals surface area contributed by atoms with Crippen LogP contribution in [0.15, 0.2) is 0 Å². The molecule has 1 unspecified atom stereocenters. The molecule has 0 saturated heterocycles. The molecule has 0 spiro atoms. The number of aliphatic carboxylic acids is 4. The topological polar surface area (TPSA) is 195 Å². The van der Waals surface area contributed by atoms with Gasteiger partial charge in [0.1, 0.15) is 0 Å². The summed E-state index contributed by atoms with van der Waals surface area (Å²) in [5, 5.41) is 37.9. The molecule has 0 aliphatic rings. The first-order chi connectivity index (χ1) is 9.20. The van der Waals surface area contributed by atoms with Crippen molar-refractivity contribution in [3.63, 3.8) is 0 Å². The minimum Gasteiger partial charge on any atom is -0.481 e. The van der Waals surface area contributed by atoms with E-state index >= 15 is 0 Å². The molecule has 0 aliphatic carbocycles. The number of rotatable bonds is 1. The van der Waals surface area contributed by atoms with Gasteiger partial charge < -0.3 is 31.3 Å². The molecule has 0 heterocycles. The molecule has 0 bridgehead atoms. The first-order valence-corrected chi connectivity index (χ1v) is 5.36. The molecule has 0 radical (unpaired) electrons. The Morgan fingerprint density at radius 2 is 0.810 bits per heavy atom. The van der Waals surface area contributed by atoms with E-state index in [-0.39, 0.29) is 6.10 Å². The van der Waals surface area contributed by atoms with Crippen LogP contribution in [-0.2, 0) is 19.2 Å². The predicted octanol–water partition coefficient (Wildman–Crippen LogP) is -0.310. The van der Waals surface area contributed by atoms with E-state index in [1.165, 1.54) is 0 Å². The van der Waals surface area contributed by atoms with Crippen LogP contribution in [0.4, 0.5) is 0 Å². The highest BCUT2D eigenvalue weighted by Crippen LogP contribution is 1.65. The maximum absolute atomic E-state index is 9.00. The van der Waals surface area contributed by atoms with Gasteiger partial charge in [-0.25, -0.2) is 0 Å².